The molecule has 0 saturated heterocycles. The number of nitrogens with one attached hydrogen (secondary N) is 1. The lowest BCUT2D eigenvalue weighted by atomic mass is 10.2. The van der Waals surface area contributed by atoms with E-state index in [0.717, 1.165) is 12.6 Å². The van der Waals surface area contributed by atoms with Crippen LogP contribution in [0.1, 0.15) is 23.3 Å². The summed E-state index contributed by atoms with van der Waals surface area (Å²) in [6, 6.07) is 3.14. The van der Waals surface area contributed by atoms with Crippen LogP contribution in [-0.2, 0) is 6.42 Å². The predicted molar refractivity (Wildman–Crippen MR) is 53.8 cm³/mol. The van der Waals surface area contributed by atoms with E-state index in [0.29, 0.717) is 0 Å². The first kappa shape index (κ1) is 8.27. The largest absolute Gasteiger partial charge is 0.314 e. The van der Waals surface area contributed by atoms with Gasteiger partial charge < -0.3 is 5.32 Å². The summed E-state index contributed by atoms with van der Waals surface area (Å²) in [7, 11) is 0. The molecule has 0 amide bonds. The van der Waals surface area contributed by atoms with Crippen molar-refractivity contribution in [3.05, 3.63) is 21.9 Å². The molecule has 0 unspecified atom stereocenters. The highest BCUT2D eigenvalue weighted by atomic mass is 32.1. The molecule has 1 aromatic heterocycles. The first-order valence-corrected chi connectivity index (χ1v) is 5.50. The second kappa shape index (κ2) is 3.58. The van der Waals surface area contributed by atoms with Gasteiger partial charge in [-0.15, -0.1) is 11.3 Å². The Kier molecular flexibility index (Phi) is 2.47. The van der Waals surface area contributed by atoms with Crippen LogP contribution in [0.25, 0.3) is 0 Å². The smallest absolute Gasteiger partial charge is 0.00683 e. The molecule has 0 aromatic carbocycles. The van der Waals surface area contributed by atoms with E-state index in [4.69, 9.17) is 0 Å². The molecule has 1 aromatic rings. The fourth-order valence-electron chi connectivity index (χ4n) is 1.34. The highest BCUT2D eigenvalue weighted by Gasteiger charge is 2.19. The molecular formula is C10H15NS. The Morgan fingerprint density at radius 1 is 1.58 bits per heavy atom. The predicted octanol–water partition coefficient (Wildman–Crippen LogP) is 2.35. The lowest BCUT2D eigenvalue weighted by Crippen LogP contribution is -2.18. The molecule has 1 N–H and O–H groups in total. The minimum atomic E-state index is 0.852. The fourth-order valence-corrected chi connectivity index (χ4v) is 2.08. The summed E-state index contributed by atoms with van der Waals surface area (Å²) >= 11 is 1.85. The van der Waals surface area contributed by atoms with Crippen molar-refractivity contribution in [1.29, 1.82) is 0 Å². The van der Waals surface area contributed by atoms with Gasteiger partial charge in [0.25, 0.3) is 0 Å². The van der Waals surface area contributed by atoms with Crippen LogP contribution in [0.15, 0.2) is 11.4 Å². The van der Waals surface area contributed by atoms with Gasteiger partial charge in [-0.25, -0.2) is 0 Å². The average molecular weight is 181 g/mol. The number of rotatable bonds is 4. The second-order valence-electron chi connectivity index (χ2n) is 3.54. The number of hydrogen-bond donors (Lipinski definition) is 1. The monoisotopic (exact) mass is 181 g/mol. The maximum Gasteiger partial charge on any atom is 0.00683 e. The topological polar surface area (TPSA) is 12.0 Å². The number of hydrogen-bond acceptors (Lipinski definition) is 2. The summed E-state index contributed by atoms with van der Waals surface area (Å²) in [6.45, 7) is 3.32. The molecular weight excluding hydrogens is 166 g/mol. The van der Waals surface area contributed by atoms with Gasteiger partial charge in [-0.1, -0.05) is 0 Å². The molecule has 12 heavy (non-hydrogen) atoms. The molecule has 2 rings (SSSR count). The summed E-state index contributed by atoms with van der Waals surface area (Å²) < 4.78 is 0. The van der Waals surface area contributed by atoms with Gasteiger partial charge in [0.1, 0.15) is 0 Å². The van der Waals surface area contributed by atoms with Gasteiger partial charge in [0.15, 0.2) is 0 Å². The lowest BCUT2D eigenvalue weighted by molar-refractivity contribution is 0.683. The van der Waals surface area contributed by atoms with E-state index >= 15 is 0 Å². The minimum Gasteiger partial charge on any atom is -0.314 e. The van der Waals surface area contributed by atoms with Gasteiger partial charge in [0, 0.05) is 10.9 Å². The Morgan fingerprint density at radius 2 is 2.42 bits per heavy atom. The number of thiophene rings is 1. The molecule has 1 nitrogen and oxygen atoms in total. The summed E-state index contributed by atoms with van der Waals surface area (Å²) in [4.78, 5) is 1.43. The third kappa shape index (κ3) is 2.32. The molecule has 0 spiro atoms. The SMILES string of the molecule is Cc1cc(CCNC2CC2)cs1. The summed E-state index contributed by atoms with van der Waals surface area (Å²) in [5.74, 6) is 0. The van der Waals surface area contributed by atoms with Crippen LogP contribution in [0.3, 0.4) is 0 Å². The maximum atomic E-state index is 3.52. The Hall–Kier alpha value is -0.340. The van der Waals surface area contributed by atoms with Gasteiger partial charge in [0.2, 0.25) is 0 Å². The van der Waals surface area contributed by atoms with Crippen LogP contribution in [-0.4, -0.2) is 12.6 Å². The molecule has 0 radical (unpaired) electrons. The van der Waals surface area contributed by atoms with Crippen LogP contribution in [0, 0.1) is 6.92 Å². The Labute approximate surface area is 77.8 Å². The summed E-state index contributed by atoms with van der Waals surface area (Å²) in [5, 5.41) is 5.79. The summed E-state index contributed by atoms with van der Waals surface area (Å²) in [5.41, 5.74) is 1.49. The standard InChI is InChI=1S/C10H15NS/c1-8-6-9(7-12-8)4-5-11-10-2-3-10/h6-7,10-11H,2-5H2,1H3. The van der Waals surface area contributed by atoms with Crippen LogP contribution < -0.4 is 5.32 Å². The van der Waals surface area contributed by atoms with Gasteiger partial charge in [-0.2, -0.15) is 0 Å². The van der Waals surface area contributed by atoms with Crippen LogP contribution in [0.4, 0.5) is 0 Å². The molecule has 0 aliphatic heterocycles. The molecule has 66 valence electrons. The van der Waals surface area contributed by atoms with Gasteiger partial charge in [0.05, 0.1) is 0 Å². The summed E-state index contributed by atoms with van der Waals surface area (Å²) in [6.07, 6.45) is 3.98. The molecule has 1 fully saturated rings. The highest BCUT2D eigenvalue weighted by Crippen LogP contribution is 2.19. The molecule has 1 aliphatic carbocycles. The third-order valence-corrected chi connectivity index (χ3v) is 3.12. The lowest BCUT2D eigenvalue weighted by Gasteiger charge is -1.99. The quantitative estimate of drug-likeness (QED) is 0.752. The molecule has 2 heteroatoms. The van der Waals surface area contributed by atoms with E-state index in [2.05, 4.69) is 23.7 Å². The minimum absolute atomic E-state index is 0.852. The zero-order valence-corrected chi connectivity index (χ0v) is 8.29. The van der Waals surface area contributed by atoms with Crippen molar-refractivity contribution in [1.82, 2.24) is 5.32 Å². The van der Waals surface area contributed by atoms with Crippen LogP contribution in [0.5, 0.6) is 0 Å². The molecule has 1 aliphatic rings. The van der Waals surface area contributed by atoms with E-state index < -0.39 is 0 Å². The second-order valence-corrected chi connectivity index (χ2v) is 4.66. The van der Waals surface area contributed by atoms with Crippen LogP contribution in [0.2, 0.25) is 0 Å². The Morgan fingerprint density at radius 3 is 3.00 bits per heavy atom. The fraction of sp³-hybridized carbons (Fsp3) is 0.600. The number of aryl methyl sites for hydroxylation is 1. The van der Waals surface area contributed by atoms with E-state index in [9.17, 15) is 0 Å². The van der Waals surface area contributed by atoms with Crippen molar-refractivity contribution in [2.75, 3.05) is 6.54 Å². The van der Waals surface area contributed by atoms with Crippen molar-refractivity contribution in [3.63, 3.8) is 0 Å². The van der Waals surface area contributed by atoms with E-state index in [1.807, 2.05) is 11.3 Å². The first-order valence-electron chi connectivity index (χ1n) is 4.62. The maximum absolute atomic E-state index is 3.52. The first-order chi connectivity index (χ1) is 5.84. The van der Waals surface area contributed by atoms with Crippen molar-refractivity contribution < 1.29 is 0 Å². The molecule has 1 saturated carbocycles. The Bertz CT molecular complexity index is 250. The van der Waals surface area contributed by atoms with Gasteiger partial charge in [-0.05, 0) is 49.7 Å². The van der Waals surface area contributed by atoms with Crippen LogP contribution >= 0.6 is 11.3 Å². The van der Waals surface area contributed by atoms with E-state index in [-0.39, 0.29) is 0 Å². The van der Waals surface area contributed by atoms with Crippen molar-refractivity contribution in [2.24, 2.45) is 0 Å². The van der Waals surface area contributed by atoms with Crippen molar-refractivity contribution >= 4 is 11.3 Å². The van der Waals surface area contributed by atoms with Crippen molar-refractivity contribution in [3.8, 4) is 0 Å². The zero-order chi connectivity index (χ0) is 8.39. The molecule has 1 heterocycles. The molecule has 0 atom stereocenters. The van der Waals surface area contributed by atoms with E-state index in [1.165, 1.54) is 29.7 Å². The molecule has 0 bridgehead atoms. The highest BCUT2D eigenvalue weighted by molar-refractivity contribution is 7.10. The van der Waals surface area contributed by atoms with Gasteiger partial charge >= 0.3 is 0 Å². The van der Waals surface area contributed by atoms with Gasteiger partial charge in [-0.3, -0.25) is 0 Å². The normalized spacial score (nSPS) is 16.8. The third-order valence-electron chi connectivity index (χ3n) is 2.21. The van der Waals surface area contributed by atoms with E-state index in [1.54, 1.807) is 0 Å². The average Bonchev–Trinajstić information content (AvgIpc) is 2.76. The van der Waals surface area contributed by atoms with Crippen molar-refractivity contribution in [2.45, 2.75) is 32.2 Å². The zero-order valence-electron chi connectivity index (χ0n) is 7.47. The Balaban J connectivity index is 1.71.